The molecular weight excluding hydrogens is 555 g/mol. The second kappa shape index (κ2) is 20.3. The fourth-order valence-electron chi connectivity index (χ4n) is 3.51. The first-order valence-electron chi connectivity index (χ1n) is 14.1. The van der Waals surface area contributed by atoms with Crippen molar-refractivity contribution in [2.75, 3.05) is 25.1 Å². The van der Waals surface area contributed by atoms with E-state index in [-0.39, 0.29) is 12.6 Å². The molecule has 0 saturated heterocycles. The molecule has 0 saturated carbocycles. The highest BCUT2D eigenvalue weighted by Crippen LogP contribution is 2.49. The molecule has 41 heavy (non-hydrogen) atoms. The van der Waals surface area contributed by atoms with E-state index < -0.39 is 57.6 Å². The predicted molar refractivity (Wildman–Crippen MR) is 155 cm³/mol. The summed E-state index contributed by atoms with van der Waals surface area (Å²) in [5, 5.41) is 2.78. The summed E-state index contributed by atoms with van der Waals surface area (Å²) in [5.74, 6) is -0.484. The minimum Gasteiger partial charge on any atom is -0.432 e. The van der Waals surface area contributed by atoms with Gasteiger partial charge in [0.15, 0.2) is 0 Å². The number of nitrogens with two attached hydrogens (primary N) is 1. The molecule has 234 valence electrons. The van der Waals surface area contributed by atoms with Crippen LogP contribution in [0, 0.1) is 0 Å². The van der Waals surface area contributed by atoms with Gasteiger partial charge in [-0.1, -0.05) is 51.2 Å². The van der Waals surface area contributed by atoms with Crippen LogP contribution in [0.25, 0.3) is 0 Å². The summed E-state index contributed by atoms with van der Waals surface area (Å²) in [6, 6.07) is 6.52. The van der Waals surface area contributed by atoms with Gasteiger partial charge in [-0.15, -0.1) is 0 Å². The lowest BCUT2D eigenvalue weighted by Gasteiger charge is -2.20. The van der Waals surface area contributed by atoms with Crippen LogP contribution in [0.4, 0.5) is 15.3 Å². The minimum absolute atomic E-state index is 0.104. The maximum absolute atomic E-state index is 13.2. The quantitative estimate of drug-likeness (QED) is 0.0724. The number of nitrogens with one attached hydrogen (secondary N) is 1. The summed E-state index contributed by atoms with van der Waals surface area (Å²) in [6.45, 7) is 7.19. The second-order valence-corrected chi connectivity index (χ2v) is 12.2. The lowest BCUT2D eigenvalue weighted by atomic mass is 10.0. The molecule has 12 nitrogen and oxygen atoms in total. The van der Waals surface area contributed by atoms with E-state index in [2.05, 4.69) is 12.2 Å². The second-order valence-electron chi connectivity index (χ2n) is 10.1. The first kappa shape index (κ1) is 36.4. The Morgan fingerprint density at radius 3 is 2.00 bits per heavy atom. The Balaban J connectivity index is 2.65. The number of hydrogen-bond acceptors (Lipinski definition) is 11. The Hall–Kier alpha value is -2.66. The SMILES string of the molecule is CCCCCCCCc1cccc(NC(=O)[C@H](N)CCP(=O)(OCOC(=O)OC(C)C)OCOC(=O)OC(C)C)c1. The topological polar surface area (TPSA) is 162 Å². The van der Waals surface area contributed by atoms with Gasteiger partial charge in [-0.3, -0.25) is 18.4 Å². The largest absolute Gasteiger partial charge is 0.510 e. The van der Waals surface area contributed by atoms with Crippen molar-refractivity contribution in [1.82, 2.24) is 0 Å². The van der Waals surface area contributed by atoms with E-state index in [0.29, 0.717) is 5.69 Å². The van der Waals surface area contributed by atoms with Crippen LogP contribution < -0.4 is 11.1 Å². The minimum atomic E-state index is -4.03. The third-order valence-electron chi connectivity index (χ3n) is 5.58. The molecule has 1 amide bonds. The van der Waals surface area contributed by atoms with E-state index in [1.807, 2.05) is 18.2 Å². The number of aryl methyl sites for hydroxylation is 1. The van der Waals surface area contributed by atoms with Crippen molar-refractivity contribution in [3.8, 4) is 0 Å². The predicted octanol–water partition coefficient (Wildman–Crippen LogP) is 6.51. The number of anilines is 1. The zero-order valence-corrected chi connectivity index (χ0v) is 25.8. The van der Waals surface area contributed by atoms with Crippen LogP contribution in [-0.2, 0) is 43.8 Å². The fourth-order valence-corrected chi connectivity index (χ4v) is 4.86. The van der Waals surface area contributed by atoms with Crippen LogP contribution in [-0.4, -0.2) is 56.2 Å². The molecule has 0 radical (unpaired) electrons. The van der Waals surface area contributed by atoms with Crippen LogP contribution in [0.15, 0.2) is 24.3 Å². The summed E-state index contributed by atoms with van der Waals surface area (Å²) in [7, 11) is -4.03. The monoisotopic (exact) mass is 602 g/mol. The summed E-state index contributed by atoms with van der Waals surface area (Å²) in [4.78, 5) is 35.9. The van der Waals surface area contributed by atoms with E-state index in [0.717, 1.165) is 18.4 Å². The highest BCUT2D eigenvalue weighted by molar-refractivity contribution is 7.53. The van der Waals surface area contributed by atoms with E-state index in [1.165, 1.54) is 32.1 Å². The smallest absolute Gasteiger partial charge is 0.432 e. The van der Waals surface area contributed by atoms with Gasteiger partial charge in [0.1, 0.15) is 0 Å². The molecule has 3 N–H and O–H groups in total. The lowest BCUT2D eigenvalue weighted by Crippen LogP contribution is -2.36. The number of benzene rings is 1. The molecule has 1 rings (SSSR count). The third-order valence-corrected chi connectivity index (χ3v) is 7.38. The molecule has 0 spiro atoms. The van der Waals surface area contributed by atoms with Crippen molar-refractivity contribution in [2.24, 2.45) is 5.73 Å². The van der Waals surface area contributed by atoms with Crippen molar-refractivity contribution in [3.63, 3.8) is 0 Å². The molecular formula is C28H47N2O10P. The van der Waals surface area contributed by atoms with Gasteiger partial charge in [-0.2, -0.15) is 0 Å². The fraction of sp³-hybridized carbons (Fsp3) is 0.679. The maximum atomic E-state index is 13.2. The molecule has 0 aliphatic heterocycles. The summed E-state index contributed by atoms with van der Waals surface area (Å²) < 4.78 is 42.7. The lowest BCUT2D eigenvalue weighted by molar-refractivity contribution is -0.117. The van der Waals surface area contributed by atoms with Crippen molar-refractivity contribution in [3.05, 3.63) is 29.8 Å². The van der Waals surface area contributed by atoms with Crippen LogP contribution in [0.2, 0.25) is 0 Å². The Bertz CT molecular complexity index is 941. The standard InChI is InChI=1S/C28H47N2O10P/c1-6-7-8-9-10-11-13-23-14-12-15-24(18-23)30-26(31)25(29)16-17-41(34,37-19-35-27(32)39-21(2)3)38-20-36-28(33)40-22(4)5/h12,14-15,18,21-22,25H,6-11,13,16-17,19-20,29H2,1-5H3,(H,30,31)/t25-/m1/s1. The first-order chi connectivity index (χ1) is 19.4. The van der Waals surface area contributed by atoms with Gasteiger partial charge in [-0.25, -0.2) is 9.59 Å². The molecule has 1 aromatic carbocycles. The summed E-state index contributed by atoms with van der Waals surface area (Å²) in [6.07, 6.45) is 4.76. The van der Waals surface area contributed by atoms with Crippen LogP contribution in [0.5, 0.6) is 0 Å². The van der Waals surface area contributed by atoms with Gasteiger partial charge in [0.25, 0.3) is 0 Å². The van der Waals surface area contributed by atoms with Gasteiger partial charge in [0, 0.05) is 5.69 Å². The molecule has 0 heterocycles. The Morgan fingerprint density at radius 2 is 1.44 bits per heavy atom. The van der Waals surface area contributed by atoms with Gasteiger partial charge >= 0.3 is 19.9 Å². The van der Waals surface area contributed by atoms with Crippen molar-refractivity contribution >= 4 is 31.5 Å². The number of hydrogen-bond donors (Lipinski definition) is 2. The van der Waals surface area contributed by atoms with E-state index >= 15 is 0 Å². The number of amides is 1. The Labute approximate surface area is 243 Å². The molecule has 13 heteroatoms. The molecule has 0 unspecified atom stereocenters. The summed E-state index contributed by atoms with van der Waals surface area (Å²) >= 11 is 0. The maximum Gasteiger partial charge on any atom is 0.510 e. The average molecular weight is 603 g/mol. The van der Waals surface area contributed by atoms with Gasteiger partial charge in [0.05, 0.1) is 24.4 Å². The molecule has 0 aromatic heterocycles. The molecule has 0 aliphatic carbocycles. The number of unbranched alkanes of at least 4 members (excludes halogenated alkanes) is 5. The molecule has 0 bridgehead atoms. The number of carbonyl (C=O) groups excluding carboxylic acids is 3. The number of carbonyl (C=O) groups is 3. The van der Waals surface area contributed by atoms with E-state index in [1.54, 1.807) is 33.8 Å². The highest BCUT2D eigenvalue weighted by atomic mass is 31.2. The van der Waals surface area contributed by atoms with Crippen molar-refractivity contribution < 1.29 is 46.9 Å². The normalized spacial score (nSPS) is 12.2. The Kier molecular flexibility index (Phi) is 18.0. The average Bonchev–Trinajstić information content (AvgIpc) is 2.88. The third kappa shape index (κ3) is 17.7. The van der Waals surface area contributed by atoms with E-state index in [9.17, 15) is 18.9 Å². The summed E-state index contributed by atoms with van der Waals surface area (Å²) in [5.41, 5.74) is 7.78. The van der Waals surface area contributed by atoms with Gasteiger partial charge in [-0.05, 0) is 64.7 Å². The molecule has 1 aromatic rings. The van der Waals surface area contributed by atoms with Crippen molar-refractivity contribution in [2.45, 2.75) is 104 Å². The number of rotatable bonds is 20. The first-order valence-corrected chi connectivity index (χ1v) is 15.9. The van der Waals surface area contributed by atoms with Crippen LogP contribution in [0.1, 0.15) is 85.1 Å². The zero-order valence-electron chi connectivity index (χ0n) is 24.9. The van der Waals surface area contributed by atoms with Crippen molar-refractivity contribution in [1.29, 1.82) is 0 Å². The molecule has 0 fully saturated rings. The van der Waals surface area contributed by atoms with Gasteiger partial charge < -0.3 is 30.0 Å². The van der Waals surface area contributed by atoms with Crippen LogP contribution >= 0.6 is 7.60 Å². The molecule has 1 atom stereocenters. The van der Waals surface area contributed by atoms with Crippen LogP contribution in [0.3, 0.4) is 0 Å². The highest BCUT2D eigenvalue weighted by Gasteiger charge is 2.29. The Morgan fingerprint density at radius 1 is 0.878 bits per heavy atom. The number of ether oxygens (including phenoxy) is 4. The zero-order chi connectivity index (χ0) is 30.7. The molecule has 0 aliphatic rings. The van der Waals surface area contributed by atoms with Gasteiger partial charge in [0.2, 0.25) is 19.5 Å². The van der Waals surface area contributed by atoms with E-state index in [4.69, 9.17) is 33.7 Å².